The lowest BCUT2D eigenvalue weighted by Gasteiger charge is -2.33. The topological polar surface area (TPSA) is 24.4 Å². The van der Waals surface area contributed by atoms with Crippen LogP contribution >= 0.6 is 23.1 Å². The Morgan fingerprint density at radius 1 is 1.53 bits per heavy atom. The van der Waals surface area contributed by atoms with Crippen LogP contribution in [0.2, 0.25) is 0 Å². The lowest BCUT2D eigenvalue weighted by molar-refractivity contribution is 0.266. The summed E-state index contributed by atoms with van der Waals surface area (Å²) in [5, 5.41) is 8.79. The highest BCUT2D eigenvalue weighted by Crippen LogP contribution is 2.42. The number of amidine groups is 1. The lowest BCUT2D eigenvalue weighted by Crippen LogP contribution is -2.33. The summed E-state index contributed by atoms with van der Waals surface area (Å²) in [7, 11) is 0. The fourth-order valence-corrected chi connectivity index (χ4v) is 4.64. The average Bonchev–Trinajstić information content (AvgIpc) is 2.90. The normalized spacial score (nSPS) is 32.8. The molecule has 0 radical (unpaired) electrons. The van der Waals surface area contributed by atoms with Gasteiger partial charge in [-0.3, -0.25) is 4.99 Å². The maximum absolute atomic E-state index is 4.98. The molecule has 4 heteroatoms. The zero-order valence-electron chi connectivity index (χ0n) is 10.1. The van der Waals surface area contributed by atoms with E-state index in [1.54, 1.807) is 11.3 Å². The predicted molar refractivity (Wildman–Crippen MR) is 78.2 cm³/mol. The first-order valence-corrected chi connectivity index (χ1v) is 8.21. The van der Waals surface area contributed by atoms with Crippen LogP contribution in [0, 0.1) is 5.92 Å². The molecule has 0 saturated heterocycles. The van der Waals surface area contributed by atoms with Crippen LogP contribution in [0.15, 0.2) is 21.8 Å². The molecule has 0 amide bonds. The minimum atomic E-state index is 0.251. The molecule has 2 atom stereocenters. The Morgan fingerprint density at radius 3 is 3.24 bits per heavy atom. The van der Waals surface area contributed by atoms with Crippen LogP contribution in [-0.2, 0) is 0 Å². The third-order valence-electron chi connectivity index (χ3n) is 3.66. The van der Waals surface area contributed by atoms with E-state index >= 15 is 0 Å². The van der Waals surface area contributed by atoms with Crippen LogP contribution in [-0.4, -0.2) is 16.5 Å². The van der Waals surface area contributed by atoms with E-state index in [1.807, 2.05) is 11.8 Å². The van der Waals surface area contributed by atoms with E-state index in [0.717, 1.165) is 11.1 Å². The SMILES string of the molecule is CC1CCCC2(CSC(Nc3ccsc3)=N2)C1. The summed E-state index contributed by atoms with van der Waals surface area (Å²) in [6, 6.07) is 2.11. The molecule has 1 aliphatic heterocycles. The second kappa shape index (κ2) is 4.65. The van der Waals surface area contributed by atoms with Gasteiger partial charge in [0.2, 0.25) is 0 Å². The number of anilines is 1. The summed E-state index contributed by atoms with van der Waals surface area (Å²) in [5.74, 6) is 2.01. The van der Waals surface area contributed by atoms with Crippen LogP contribution in [0.5, 0.6) is 0 Å². The third kappa shape index (κ3) is 2.52. The first-order chi connectivity index (χ1) is 8.26. The minimum absolute atomic E-state index is 0.251. The zero-order valence-corrected chi connectivity index (χ0v) is 11.7. The van der Waals surface area contributed by atoms with Crippen molar-refractivity contribution in [3.8, 4) is 0 Å². The van der Waals surface area contributed by atoms with Crippen molar-refractivity contribution in [1.29, 1.82) is 0 Å². The van der Waals surface area contributed by atoms with Crippen LogP contribution in [0.4, 0.5) is 5.69 Å². The van der Waals surface area contributed by atoms with Gasteiger partial charge >= 0.3 is 0 Å². The molecular weight excluding hydrogens is 248 g/mol. The van der Waals surface area contributed by atoms with Crippen molar-refractivity contribution in [3.05, 3.63) is 16.8 Å². The minimum Gasteiger partial charge on any atom is -0.334 e. The Morgan fingerprint density at radius 2 is 2.47 bits per heavy atom. The Bertz CT molecular complexity index is 413. The number of nitrogens with one attached hydrogen (secondary N) is 1. The molecule has 3 rings (SSSR count). The van der Waals surface area contributed by atoms with Gasteiger partial charge in [0.25, 0.3) is 0 Å². The van der Waals surface area contributed by atoms with E-state index in [9.17, 15) is 0 Å². The zero-order chi connectivity index (χ0) is 11.7. The Hall–Kier alpha value is -0.480. The number of hydrogen-bond donors (Lipinski definition) is 1. The maximum Gasteiger partial charge on any atom is 0.161 e. The van der Waals surface area contributed by atoms with Crippen LogP contribution in [0.1, 0.15) is 32.6 Å². The van der Waals surface area contributed by atoms with E-state index in [0.29, 0.717) is 0 Å². The molecular formula is C13H18N2S2. The molecule has 0 aromatic carbocycles. The quantitative estimate of drug-likeness (QED) is 0.823. The molecule has 2 nitrogen and oxygen atoms in total. The molecule has 1 N–H and O–H groups in total. The highest BCUT2D eigenvalue weighted by Gasteiger charge is 2.39. The molecule has 2 heterocycles. The highest BCUT2D eigenvalue weighted by atomic mass is 32.2. The van der Waals surface area contributed by atoms with Gasteiger partial charge < -0.3 is 5.32 Å². The van der Waals surface area contributed by atoms with Crippen LogP contribution < -0.4 is 5.32 Å². The van der Waals surface area contributed by atoms with E-state index in [1.165, 1.54) is 37.1 Å². The second-order valence-corrected chi connectivity index (χ2v) is 7.01. The fourth-order valence-electron chi connectivity index (χ4n) is 2.87. The van der Waals surface area contributed by atoms with Gasteiger partial charge in [-0.15, -0.1) is 0 Å². The fraction of sp³-hybridized carbons (Fsp3) is 0.615. The van der Waals surface area contributed by atoms with E-state index in [-0.39, 0.29) is 5.54 Å². The molecule has 17 heavy (non-hydrogen) atoms. The summed E-state index contributed by atoms with van der Waals surface area (Å²) in [5.41, 5.74) is 1.43. The van der Waals surface area contributed by atoms with Crippen molar-refractivity contribution in [1.82, 2.24) is 0 Å². The predicted octanol–water partition coefficient (Wildman–Crippen LogP) is 4.21. The van der Waals surface area contributed by atoms with Crippen molar-refractivity contribution in [2.75, 3.05) is 11.1 Å². The molecule has 1 aliphatic carbocycles. The smallest absolute Gasteiger partial charge is 0.161 e. The first-order valence-electron chi connectivity index (χ1n) is 6.28. The average molecular weight is 266 g/mol. The summed E-state index contributed by atoms with van der Waals surface area (Å²) in [6.45, 7) is 2.37. The van der Waals surface area contributed by atoms with Crippen molar-refractivity contribution in [2.45, 2.75) is 38.1 Å². The molecule has 0 bridgehead atoms. The van der Waals surface area contributed by atoms with Gasteiger partial charge in [0.05, 0.1) is 11.2 Å². The largest absolute Gasteiger partial charge is 0.334 e. The molecule has 1 fully saturated rings. The van der Waals surface area contributed by atoms with Crippen LogP contribution in [0.3, 0.4) is 0 Å². The highest BCUT2D eigenvalue weighted by molar-refractivity contribution is 8.14. The van der Waals surface area contributed by atoms with E-state index in [4.69, 9.17) is 4.99 Å². The lowest BCUT2D eigenvalue weighted by atomic mass is 9.78. The maximum atomic E-state index is 4.98. The summed E-state index contributed by atoms with van der Waals surface area (Å²) in [6.07, 6.45) is 5.28. The van der Waals surface area contributed by atoms with Crippen molar-refractivity contribution in [3.63, 3.8) is 0 Å². The van der Waals surface area contributed by atoms with Gasteiger partial charge in [-0.1, -0.05) is 31.5 Å². The molecule has 2 aliphatic rings. The molecule has 92 valence electrons. The van der Waals surface area contributed by atoms with Gasteiger partial charge in [0.1, 0.15) is 0 Å². The molecule has 1 aromatic heterocycles. The Kier molecular flexibility index (Phi) is 3.17. The number of aliphatic imine (C=N–C) groups is 1. The van der Waals surface area contributed by atoms with Crippen LogP contribution in [0.25, 0.3) is 0 Å². The Labute approximate surface area is 111 Å². The number of hydrogen-bond acceptors (Lipinski definition) is 4. The molecule has 1 aromatic rings. The number of rotatable bonds is 1. The number of thioether (sulfide) groups is 1. The number of nitrogens with zero attached hydrogens (tertiary/aromatic N) is 1. The van der Waals surface area contributed by atoms with E-state index < -0.39 is 0 Å². The van der Waals surface area contributed by atoms with Gasteiger partial charge in [0.15, 0.2) is 5.17 Å². The van der Waals surface area contributed by atoms with Crippen molar-refractivity contribution < 1.29 is 0 Å². The monoisotopic (exact) mass is 266 g/mol. The summed E-state index contributed by atoms with van der Waals surface area (Å²) in [4.78, 5) is 4.98. The van der Waals surface area contributed by atoms with Gasteiger partial charge in [-0.2, -0.15) is 11.3 Å². The van der Waals surface area contributed by atoms with Crippen molar-refractivity contribution in [2.24, 2.45) is 10.9 Å². The van der Waals surface area contributed by atoms with E-state index in [2.05, 4.69) is 29.1 Å². The first kappa shape index (κ1) is 11.6. The standard InChI is InChI=1S/C13H18N2S2/c1-10-3-2-5-13(7-10)9-17-12(15-13)14-11-4-6-16-8-11/h4,6,8,10H,2-3,5,7,9H2,1H3,(H,14,15). The van der Waals surface area contributed by atoms with Gasteiger partial charge in [-0.05, 0) is 30.2 Å². The molecule has 2 unspecified atom stereocenters. The number of thiophene rings is 1. The summed E-state index contributed by atoms with van der Waals surface area (Å²) >= 11 is 3.62. The van der Waals surface area contributed by atoms with Gasteiger partial charge in [-0.25, -0.2) is 0 Å². The third-order valence-corrected chi connectivity index (χ3v) is 5.49. The second-order valence-electron chi connectivity index (χ2n) is 5.27. The molecule has 1 saturated carbocycles. The van der Waals surface area contributed by atoms with Crippen molar-refractivity contribution >= 4 is 34.0 Å². The Balaban J connectivity index is 1.71. The van der Waals surface area contributed by atoms with Gasteiger partial charge in [0, 0.05) is 11.1 Å². The molecule has 1 spiro atoms. The summed E-state index contributed by atoms with van der Waals surface area (Å²) < 4.78 is 0.